The van der Waals surface area contributed by atoms with E-state index in [9.17, 15) is 4.39 Å². The topological polar surface area (TPSA) is 45.0 Å². The summed E-state index contributed by atoms with van der Waals surface area (Å²) in [4.78, 5) is 0. The molecule has 0 fully saturated rings. The standard InChI is InChI=1S/C15H13FN2O/c1-2-19-15-7-6-13(9-14(15)16)18-12-5-3-4-11(8-12)10-17/h3-9,18H,2H2,1H3. The molecule has 0 heterocycles. The third kappa shape index (κ3) is 3.23. The number of nitrogens with zero attached hydrogens (tertiary/aromatic N) is 1. The van der Waals surface area contributed by atoms with Gasteiger partial charge in [0, 0.05) is 17.4 Å². The highest BCUT2D eigenvalue weighted by atomic mass is 19.1. The van der Waals surface area contributed by atoms with Gasteiger partial charge >= 0.3 is 0 Å². The van der Waals surface area contributed by atoms with E-state index < -0.39 is 5.82 Å². The molecule has 96 valence electrons. The number of nitrogens with one attached hydrogen (secondary N) is 1. The Morgan fingerprint density at radius 2 is 2.00 bits per heavy atom. The van der Waals surface area contributed by atoms with E-state index in [4.69, 9.17) is 10.00 Å². The molecule has 2 aromatic carbocycles. The van der Waals surface area contributed by atoms with Crippen molar-refractivity contribution in [1.82, 2.24) is 0 Å². The van der Waals surface area contributed by atoms with Crippen molar-refractivity contribution in [3.05, 3.63) is 53.8 Å². The summed E-state index contributed by atoms with van der Waals surface area (Å²) in [6, 6.07) is 13.7. The molecule has 0 radical (unpaired) electrons. The Bertz CT molecular complexity index is 620. The van der Waals surface area contributed by atoms with Gasteiger partial charge in [-0.15, -0.1) is 0 Å². The summed E-state index contributed by atoms with van der Waals surface area (Å²) in [6.07, 6.45) is 0. The van der Waals surface area contributed by atoms with Crippen LogP contribution in [-0.2, 0) is 0 Å². The van der Waals surface area contributed by atoms with Gasteiger partial charge in [0.15, 0.2) is 11.6 Å². The summed E-state index contributed by atoms with van der Waals surface area (Å²) in [5, 5.41) is 11.9. The second kappa shape index (κ2) is 5.87. The van der Waals surface area contributed by atoms with Gasteiger partial charge in [0.2, 0.25) is 0 Å². The lowest BCUT2D eigenvalue weighted by atomic mass is 10.2. The smallest absolute Gasteiger partial charge is 0.167 e. The van der Waals surface area contributed by atoms with Crippen molar-refractivity contribution in [2.75, 3.05) is 11.9 Å². The van der Waals surface area contributed by atoms with Gasteiger partial charge in [-0.3, -0.25) is 0 Å². The summed E-state index contributed by atoms with van der Waals surface area (Å²) < 4.78 is 18.8. The molecule has 4 heteroatoms. The largest absolute Gasteiger partial charge is 0.491 e. The maximum Gasteiger partial charge on any atom is 0.167 e. The van der Waals surface area contributed by atoms with Gasteiger partial charge in [0.25, 0.3) is 0 Å². The minimum atomic E-state index is -0.414. The summed E-state index contributed by atoms with van der Waals surface area (Å²) in [7, 11) is 0. The number of ether oxygens (including phenoxy) is 1. The van der Waals surface area contributed by atoms with Crippen LogP contribution in [0.3, 0.4) is 0 Å². The fraction of sp³-hybridized carbons (Fsp3) is 0.133. The van der Waals surface area contributed by atoms with E-state index in [0.717, 1.165) is 5.69 Å². The van der Waals surface area contributed by atoms with Gasteiger partial charge < -0.3 is 10.1 Å². The third-order valence-corrected chi connectivity index (χ3v) is 2.51. The van der Waals surface area contributed by atoms with E-state index in [1.807, 2.05) is 6.07 Å². The van der Waals surface area contributed by atoms with Crippen molar-refractivity contribution < 1.29 is 9.13 Å². The van der Waals surface area contributed by atoms with E-state index >= 15 is 0 Å². The van der Waals surface area contributed by atoms with Gasteiger partial charge in [0.1, 0.15) is 0 Å². The van der Waals surface area contributed by atoms with Crippen LogP contribution in [-0.4, -0.2) is 6.61 Å². The molecule has 0 aromatic heterocycles. The van der Waals surface area contributed by atoms with Crippen LogP contribution < -0.4 is 10.1 Å². The number of hydrogen-bond acceptors (Lipinski definition) is 3. The van der Waals surface area contributed by atoms with Crippen LogP contribution in [0.2, 0.25) is 0 Å². The molecule has 2 aromatic rings. The molecule has 0 saturated carbocycles. The van der Waals surface area contributed by atoms with Crippen molar-refractivity contribution in [3.8, 4) is 11.8 Å². The monoisotopic (exact) mass is 256 g/mol. The molecule has 0 spiro atoms. The van der Waals surface area contributed by atoms with Gasteiger partial charge in [0.05, 0.1) is 18.2 Å². The average molecular weight is 256 g/mol. The van der Waals surface area contributed by atoms with Gasteiger partial charge in [-0.1, -0.05) is 6.07 Å². The highest BCUT2D eigenvalue weighted by molar-refractivity contribution is 5.62. The Labute approximate surface area is 111 Å². The average Bonchev–Trinajstić information content (AvgIpc) is 2.42. The zero-order valence-corrected chi connectivity index (χ0v) is 10.5. The first kappa shape index (κ1) is 12.9. The quantitative estimate of drug-likeness (QED) is 0.903. The first-order valence-corrected chi connectivity index (χ1v) is 5.92. The molecule has 0 aliphatic carbocycles. The van der Waals surface area contributed by atoms with Crippen LogP contribution in [0, 0.1) is 17.1 Å². The number of anilines is 2. The Morgan fingerprint density at radius 3 is 2.68 bits per heavy atom. The Balaban J connectivity index is 2.19. The van der Waals surface area contributed by atoms with E-state index in [2.05, 4.69) is 11.4 Å². The highest BCUT2D eigenvalue weighted by Gasteiger charge is 2.04. The van der Waals surface area contributed by atoms with Crippen LogP contribution >= 0.6 is 0 Å². The lowest BCUT2D eigenvalue weighted by Gasteiger charge is -2.09. The van der Waals surface area contributed by atoms with Crippen LogP contribution in [0.1, 0.15) is 12.5 Å². The first-order valence-electron chi connectivity index (χ1n) is 5.92. The number of rotatable bonds is 4. The summed E-state index contributed by atoms with van der Waals surface area (Å²) in [5.41, 5.74) is 1.90. The fourth-order valence-corrected chi connectivity index (χ4v) is 1.68. The zero-order valence-electron chi connectivity index (χ0n) is 10.5. The molecule has 0 aliphatic heterocycles. The van der Waals surface area contributed by atoms with Crippen LogP contribution in [0.5, 0.6) is 5.75 Å². The van der Waals surface area contributed by atoms with E-state index in [-0.39, 0.29) is 5.75 Å². The third-order valence-electron chi connectivity index (χ3n) is 2.51. The minimum Gasteiger partial charge on any atom is -0.491 e. The van der Waals surface area contributed by atoms with Crippen molar-refractivity contribution in [3.63, 3.8) is 0 Å². The molecule has 0 unspecified atom stereocenters. The van der Waals surface area contributed by atoms with Crippen LogP contribution in [0.15, 0.2) is 42.5 Å². The predicted octanol–water partition coefficient (Wildman–Crippen LogP) is 3.84. The molecule has 0 saturated heterocycles. The zero-order chi connectivity index (χ0) is 13.7. The van der Waals surface area contributed by atoms with Crippen molar-refractivity contribution in [2.45, 2.75) is 6.92 Å². The maximum absolute atomic E-state index is 13.7. The van der Waals surface area contributed by atoms with Crippen molar-refractivity contribution in [2.24, 2.45) is 0 Å². The second-order valence-corrected chi connectivity index (χ2v) is 3.90. The highest BCUT2D eigenvalue weighted by Crippen LogP contribution is 2.24. The lowest BCUT2D eigenvalue weighted by molar-refractivity contribution is 0.321. The summed E-state index contributed by atoms with van der Waals surface area (Å²) in [6.45, 7) is 2.23. The predicted molar refractivity (Wildman–Crippen MR) is 72.0 cm³/mol. The second-order valence-electron chi connectivity index (χ2n) is 3.90. The molecule has 0 atom stereocenters. The minimum absolute atomic E-state index is 0.235. The Morgan fingerprint density at radius 1 is 1.21 bits per heavy atom. The molecule has 3 nitrogen and oxygen atoms in total. The summed E-state index contributed by atoms with van der Waals surface area (Å²) >= 11 is 0. The van der Waals surface area contributed by atoms with Gasteiger partial charge in [-0.25, -0.2) is 4.39 Å². The number of nitriles is 1. The number of benzene rings is 2. The Kier molecular flexibility index (Phi) is 3.99. The molecular weight excluding hydrogens is 243 g/mol. The normalized spacial score (nSPS) is 9.74. The SMILES string of the molecule is CCOc1ccc(Nc2cccc(C#N)c2)cc1F. The van der Waals surface area contributed by atoms with E-state index in [0.29, 0.717) is 17.9 Å². The van der Waals surface area contributed by atoms with Crippen LogP contribution in [0.25, 0.3) is 0 Å². The number of hydrogen-bond donors (Lipinski definition) is 1. The lowest BCUT2D eigenvalue weighted by Crippen LogP contribution is -1.96. The van der Waals surface area contributed by atoms with Crippen molar-refractivity contribution >= 4 is 11.4 Å². The molecule has 2 rings (SSSR count). The number of halogens is 1. The van der Waals surface area contributed by atoms with Crippen molar-refractivity contribution in [1.29, 1.82) is 5.26 Å². The van der Waals surface area contributed by atoms with Gasteiger partial charge in [-0.2, -0.15) is 5.26 Å². The first-order chi connectivity index (χ1) is 9.22. The summed E-state index contributed by atoms with van der Waals surface area (Å²) in [5.74, 6) is -0.179. The molecule has 19 heavy (non-hydrogen) atoms. The molecule has 0 aliphatic rings. The van der Waals surface area contributed by atoms with Crippen LogP contribution in [0.4, 0.5) is 15.8 Å². The van der Waals surface area contributed by atoms with E-state index in [1.54, 1.807) is 37.3 Å². The molecule has 0 bridgehead atoms. The molecular formula is C15H13FN2O. The Hall–Kier alpha value is -2.54. The van der Waals surface area contributed by atoms with E-state index in [1.165, 1.54) is 6.07 Å². The van der Waals surface area contributed by atoms with Gasteiger partial charge in [-0.05, 0) is 37.3 Å². The molecule has 1 N–H and O–H groups in total. The fourth-order valence-electron chi connectivity index (χ4n) is 1.68. The molecule has 0 amide bonds. The maximum atomic E-state index is 13.7.